The number of thioether (sulfide) groups is 1. The summed E-state index contributed by atoms with van der Waals surface area (Å²) >= 11 is 7.93. The summed E-state index contributed by atoms with van der Waals surface area (Å²) in [5.74, 6) is 2.25. The molecule has 0 saturated carbocycles. The number of hydrogen-bond acceptors (Lipinski definition) is 10. The summed E-state index contributed by atoms with van der Waals surface area (Å²) in [5.41, 5.74) is 3.79. The number of rotatable bonds is 9. The van der Waals surface area contributed by atoms with Crippen LogP contribution in [0.2, 0.25) is 5.15 Å². The van der Waals surface area contributed by atoms with Gasteiger partial charge in [0.05, 0.1) is 12.0 Å². The monoisotopic (exact) mass is 659 g/mol. The number of nitrogens with zero attached hydrogens (tertiary/aromatic N) is 7. The van der Waals surface area contributed by atoms with E-state index in [4.69, 9.17) is 21.3 Å². The zero-order chi connectivity index (χ0) is 32.0. The molecule has 0 spiro atoms. The van der Waals surface area contributed by atoms with Gasteiger partial charge in [-0.15, -0.1) is 0 Å². The van der Waals surface area contributed by atoms with Gasteiger partial charge in [-0.1, -0.05) is 35.5 Å². The number of aromatic nitrogens is 2. The molecule has 13 heteroatoms. The fourth-order valence-corrected chi connectivity index (χ4v) is 6.70. The Hall–Kier alpha value is -4.55. The predicted octanol–water partition coefficient (Wildman–Crippen LogP) is 5.63. The molecule has 2 aliphatic heterocycles. The Labute approximate surface area is 276 Å². The number of ether oxygens (including phenoxy) is 1. The Kier molecular flexibility index (Phi) is 9.74. The number of piperazine rings is 2. The summed E-state index contributed by atoms with van der Waals surface area (Å²) in [6, 6.07) is 24.2. The van der Waals surface area contributed by atoms with Crippen LogP contribution in [0.3, 0.4) is 0 Å². The molecule has 1 aromatic heterocycles. The van der Waals surface area contributed by atoms with Crippen molar-refractivity contribution in [2.75, 3.05) is 74.2 Å². The van der Waals surface area contributed by atoms with Gasteiger partial charge >= 0.3 is 0 Å². The van der Waals surface area contributed by atoms with Gasteiger partial charge in [0.2, 0.25) is 0 Å². The molecule has 2 fully saturated rings. The summed E-state index contributed by atoms with van der Waals surface area (Å²) in [5, 5.41) is 12.0. The third kappa shape index (κ3) is 7.45. The van der Waals surface area contributed by atoms with Crippen molar-refractivity contribution in [1.29, 1.82) is 0 Å². The Balaban J connectivity index is 1.02. The van der Waals surface area contributed by atoms with Crippen molar-refractivity contribution in [3.8, 4) is 5.75 Å². The molecule has 3 heterocycles. The molecule has 0 unspecified atom stereocenters. The van der Waals surface area contributed by atoms with Crippen LogP contribution >= 0.6 is 23.4 Å². The molecule has 0 atom stereocenters. The molecule has 2 aliphatic rings. The minimum absolute atomic E-state index is 0.00901. The average molecular weight is 660 g/mol. The van der Waals surface area contributed by atoms with E-state index in [0.29, 0.717) is 47.8 Å². The number of nitro groups is 1. The highest BCUT2D eigenvalue weighted by atomic mass is 35.5. The highest BCUT2D eigenvalue weighted by molar-refractivity contribution is 7.98. The molecule has 0 bridgehead atoms. The summed E-state index contributed by atoms with van der Waals surface area (Å²) in [6.07, 6.45) is 0. The standard InChI is InChI=1S/C33H34ClN7O4S/c1-45-29-11-9-27(10-12-29)37-13-17-39(18-14-37)31-22-30(34)35-33(36-31)46-23-24-3-2-4-25(21-24)32(42)40-19-15-38(16-20-40)26-5-7-28(8-6-26)41(43)44/h2-12,21-22H,13-20,23H2,1H3. The van der Waals surface area contributed by atoms with Crippen molar-refractivity contribution in [3.63, 3.8) is 0 Å². The van der Waals surface area contributed by atoms with Crippen LogP contribution < -0.4 is 19.4 Å². The minimum Gasteiger partial charge on any atom is -0.497 e. The largest absolute Gasteiger partial charge is 0.497 e. The number of methoxy groups -OCH3 is 1. The molecule has 3 aromatic carbocycles. The predicted molar refractivity (Wildman–Crippen MR) is 182 cm³/mol. The number of nitro benzene ring substituents is 1. The average Bonchev–Trinajstić information content (AvgIpc) is 3.10. The van der Waals surface area contributed by atoms with Crippen LogP contribution in [0.15, 0.2) is 84.0 Å². The topological polar surface area (TPSA) is 108 Å². The maximum Gasteiger partial charge on any atom is 0.269 e. The lowest BCUT2D eigenvalue weighted by Gasteiger charge is -2.36. The Bertz CT molecular complexity index is 1680. The number of anilines is 3. The number of carbonyl (C=O) groups excluding carboxylic acids is 1. The van der Waals surface area contributed by atoms with Crippen molar-refractivity contribution in [1.82, 2.24) is 14.9 Å². The van der Waals surface area contributed by atoms with Gasteiger partial charge in [0.15, 0.2) is 5.16 Å². The van der Waals surface area contributed by atoms with Gasteiger partial charge < -0.3 is 24.3 Å². The third-order valence-electron chi connectivity index (χ3n) is 8.24. The lowest BCUT2D eigenvalue weighted by atomic mass is 10.1. The SMILES string of the molecule is COc1ccc(N2CCN(c3cc(Cl)nc(SCc4cccc(C(=O)N5CCN(c6ccc([N+](=O)[O-])cc6)CC5)c4)n3)CC2)cc1. The van der Waals surface area contributed by atoms with Crippen molar-refractivity contribution < 1.29 is 14.5 Å². The van der Waals surface area contributed by atoms with E-state index < -0.39 is 4.92 Å². The molecule has 0 aliphatic carbocycles. The second-order valence-corrected chi connectivity index (χ2v) is 12.4. The Morgan fingerprint density at radius 1 is 0.848 bits per heavy atom. The van der Waals surface area contributed by atoms with E-state index in [0.717, 1.165) is 49.0 Å². The van der Waals surface area contributed by atoms with Crippen molar-refractivity contribution >= 4 is 52.2 Å². The van der Waals surface area contributed by atoms with Gasteiger partial charge in [-0.2, -0.15) is 0 Å². The highest BCUT2D eigenvalue weighted by Crippen LogP contribution is 2.28. The molecule has 238 valence electrons. The first-order valence-corrected chi connectivity index (χ1v) is 16.4. The molecule has 0 radical (unpaired) electrons. The van der Waals surface area contributed by atoms with Crippen molar-refractivity contribution in [2.24, 2.45) is 0 Å². The van der Waals surface area contributed by atoms with Gasteiger partial charge in [0.25, 0.3) is 11.6 Å². The van der Waals surface area contributed by atoms with Gasteiger partial charge in [-0.05, 0) is 54.1 Å². The lowest BCUT2D eigenvalue weighted by Crippen LogP contribution is -2.48. The van der Waals surface area contributed by atoms with E-state index in [2.05, 4.69) is 31.8 Å². The number of hydrogen-bond donors (Lipinski definition) is 0. The maximum absolute atomic E-state index is 13.4. The normalized spacial score (nSPS) is 15.2. The number of halogens is 1. The van der Waals surface area contributed by atoms with E-state index in [9.17, 15) is 14.9 Å². The second kappa shape index (κ2) is 14.3. The van der Waals surface area contributed by atoms with E-state index in [1.807, 2.05) is 47.4 Å². The number of non-ortho nitro benzene ring substituents is 1. The molecule has 0 N–H and O–H groups in total. The number of benzene rings is 3. The Morgan fingerprint density at radius 2 is 1.46 bits per heavy atom. The van der Waals surface area contributed by atoms with Gasteiger partial charge in [0.1, 0.15) is 16.7 Å². The molecule has 6 rings (SSSR count). The fraction of sp³-hybridized carbons (Fsp3) is 0.303. The number of amides is 1. The second-order valence-electron chi connectivity index (χ2n) is 11.0. The van der Waals surface area contributed by atoms with Crippen LogP contribution in [-0.4, -0.2) is 85.2 Å². The van der Waals surface area contributed by atoms with Crippen molar-refractivity contribution in [3.05, 3.63) is 105 Å². The maximum atomic E-state index is 13.4. The Morgan fingerprint density at radius 3 is 2.09 bits per heavy atom. The van der Waals surface area contributed by atoms with Crippen LogP contribution in [0.4, 0.5) is 22.9 Å². The number of carbonyl (C=O) groups is 1. The van der Waals surface area contributed by atoms with E-state index in [-0.39, 0.29) is 11.6 Å². The van der Waals surface area contributed by atoms with Crippen LogP contribution in [-0.2, 0) is 5.75 Å². The molecular weight excluding hydrogens is 626 g/mol. The van der Waals surface area contributed by atoms with E-state index in [1.165, 1.54) is 29.6 Å². The summed E-state index contributed by atoms with van der Waals surface area (Å²) in [6.45, 7) is 5.82. The highest BCUT2D eigenvalue weighted by Gasteiger charge is 2.23. The molecule has 1 amide bonds. The first-order valence-electron chi connectivity index (χ1n) is 15.1. The van der Waals surface area contributed by atoms with Gasteiger partial charge in [-0.3, -0.25) is 14.9 Å². The summed E-state index contributed by atoms with van der Waals surface area (Å²) in [4.78, 5) is 41.8. The molecule has 2 saturated heterocycles. The smallest absolute Gasteiger partial charge is 0.269 e. The molecule has 46 heavy (non-hydrogen) atoms. The van der Waals surface area contributed by atoms with Crippen LogP contribution in [0, 0.1) is 10.1 Å². The quantitative estimate of drug-likeness (QED) is 0.0738. The first-order chi connectivity index (χ1) is 22.4. The van der Waals surface area contributed by atoms with Crippen LogP contribution in [0.5, 0.6) is 5.75 Å². The minimum atomic E-state index is -0.403. The summed E-state index contributed by atoms with van der Waals surface area (Å²) < 4.78 is 5.28. The zero-order valence-electron chi connectivity index (χ0n) is 25.4. The van der Waals surface area contributed by atoms with Crippen molar-refractivity contribution in [2.45, 2.75) is 10.9 Å². The van der Waals surface area contributed by atoms with E-state index >= 15 is 0 Å². The van der Waals surface area contributed by atoms with Crippen LogP contribution in [0.25, 0.3) is 0 Å². The molecule has 4 aromatic rings. The summed E-state index contributed by atoms with van der Waals surface area (Å²) in [7, 11) is 1.67. The van der Waals surface area contributed by atoms with E-state index in [1.54, 1.807) is 19.2 Å². The molecule has 11 nitrogen and oxygen atoms in total. The zero-order valence-corrected chi connectivity index (χ0v) is 27.0. The fourth-order valence-electron chi connectivity index (χ4n) is 5.68. The van der Waals surface area contributed by atoms with Gasteiger partial charge in [0, 0.05) is 93.2 Å². The first kappa shape index (κ1) is 31.4. The lowest BCUT2D eigenvalue weighted by molar-refractivity contribution is -0.384. The molecular formula is C33H34ClN7O4S. The van der Waals surface area contributed by atoms with Gasteiger partial charge in [-0.25, -0.2) is 9.97 Å². The van der Waals surface area contributed by atoms with Crippen LogP contribution in [0.1, 0.15) is 15.9 Å². The third-order valence-corrected chi connectivity index (χ3v) is 9.35.